The lowest BCUT2D eigenvalue weighted by atomic mass is 9.45. The van der Waals surface area contributed by atoms with Crippen LogP contribution in [0.3, 0.4) is 0 Å². The maximum Gasteiger partial charge on any atom is 0.237 e. The van der Waals surface area contributed by atoms with Crippen LogP contribution in [0.5, 0.6) is 0 Å². The number of hydrogen-bond acceptors (Lipinski definition) is 10. The number of aromatic nitrogens is 2. The van der Waals surface area contributed by atoms with Crippen molar-refractivity contribution in [3.63, 3.8) is 0 Å². The van der Waals surface area contributed by atoms with Crippen LogP contribution in [0.4, 0.5) is 0 Å². The molecule has 0 saturated heterocycles. The van der Waals surface area contributed by atoms with Gasteiger partial charge in [-0.15, -0.1) is 22.7 Å². The van der Waals surface area contributed by atoms with E-state index in [0.717, 1.165) is 31.0 Å². The highest BCUT2D eigenvalue weighted by atomic mass is 32.1. The number of carbonyl (C=O) groups excluding carboxylic acids is 2. The van der Waals surface area contributed by atoms with Crippen LogP contribution in [0.1, 0.15) is 10.0 Å². The molecule has 1 fully saturated rings. The second-order valence-electron chi connectivity index (χ2n) is 10.2. The summed E-state index contributed by atoms with van der Waals surface area (Å²) in [5, 5.41) is 1.42. The Morgan fingerprint density at radius 1 is 0.775 bits per heavy atom. The number of benzene rings is 2. The quantitative estimate of drug-likeness (QED) is 0.304. The van der Waals surface area contributed by atoms with Crippen LogP contribution in [-0.4, -0.2) is 61.5 Å². The number of ketones is 2. The van der Waals surface area contributed by atoms with Gasteiger partial charge in [0.2, 0.25) is 23.1 Å². The van der Waals surface area contributed by atoms with Gasteiger partial charge in [0.1, 0.15) is 10.0 Å². The summed E-state index contributed by atoms with van der Waals surface area (Å²) in [5.74, 6) is -6.45. The highest BCUT2D eigenvalue weighted by Gasteiger charge is 2.77. The Hall–Kier alpha value is -3.12. The normalized spacial score (nSPS) is 28.3. The number of Topliss-reactive ketones (excluding diaryl/α,β-unsaturated/α-hetero) is 1. The largest absolute Gasteiger partial charge is 0.346 e. The Morgan fingerprint density at radius 2 is 1.38 bits per heavy atom. The molecule has 0 unspecified atom stereocenters. The number of thiazole rings is 2. The second-order valence-corrected chi connectivity index (χ2v) is 12.2. The molecule has 4 aliphatic carbocycles. The average Bonchev–Trinajstić information content (AvgIpc) is 3.63. The van der Waals surface area contributed by atoms with Crippen molar-refractivity contribution in [3.05, 3.63) is 76.8 Å². The van der Waals surface area contributed by atoms with Gasteiger partial charge in [-0.05, 0) is 35.9 Å². The number of methoxy groups -OCH3 is 4. The first-order valence-electron chi connectivity index (χ1n) is 12.8. The van der Waals surface area contributed by atoms with E-state index in [1.165, 1.54) is 57.2 Å². The van der Waals surface area contributed by atoms with Gasteiger partial charge in [0.25, 0.3) is 0 Å². The Kier molecular flexibility index (Phi) is 5.77. The molecule has 8 nitrogen and oxygen atoms in total. The molecule has 2 aromatic carbocycles. The van der Waals surface area contributed by atoms with E-state index in [1.54, 1.807) is 0 Å². The molecule has 1 saturated carbocycles. The van der Waals surface area contributed by atoms with E-state index in [0.29, 0.717) is 5.01 Å². The summed E-state index contributed by atoms with van der Waals surface area (Å²) in [6.07, 6.45) is 5.26. The molecule has 2 bridgehead atoms. The first-order valence-corrected chi connectivity index (χ1v) is 14.5. The number of hydrogen-bond donors (Lipinski definition) is 0. The number of rotatable bonds is 6. The predicted molar refractivity (Wildman–Crippen MR) is 152 cm³/mol. The zero-order valence-electron chi connectivity index (χ0n) is 22.2. The van der Waals surface area contributed by atoms with E-state index in [4.69, 9.17) is 28.9 Å². The van der Waals surface area contributed by atoms with Gasteiger partial charge < -0.3 is 18.9 Å². The van der Waals surface area contributed by atoms with Gasteiger partial charge in [-0.3, -0.25) is 9.59 Å². The lowest BCUT2D eigenvalue weighted by Gasteiger charge is -2.63. The topological polar surface area (TPSA) is 96.8 Å². The lowest BCUT2D eigenvalue weighted by molar-refractivity contribution is -0.297. The summed E-state index contributed by atoms with van der Waals surface area (Å²) in [5.41, 5.74) is 1.36. The molecule has 4 atom stereocenters. The summed E-state index contributed by atoms with van der Waals surface area (Å²) in [6, 6.07) is 15.7. The van der Waals surface area contributed by atoms with Crippen LogP contribution in [0.15, 0.2) is 66.8 Å². The Labute approximate surface area is 238 Å². The molecule has 4 aromatic rings. The fraction of sp³-hybridized carbons (Fsp3) is 0.333. The van der Waals surface area contributed by atoms with Gasteiger partial charge in [0.15, 0.2) is 0 Å². The Bertz CT molecular complexity index is 1680. The van der Waals surface area contributed by atoms with E-state index in [-0.39, 0.29) is 11.6 Å². The third-order valence-electron chi connectivity index (χ3n) is 8.76. The monoisotopic (exact) mass is 574 g/mol. The van der Waals surface area contributed by atoms with Crippen LogP contribution in [0, 0.1) is 17.8 Å². The molecule has 8 rings (SSSR count). The van der Waals surface area contributed by atoms with Crippen molar-refractivity contribution < 1.29 is 28.5 Å². The van der Waals surface area contributed by atoms with Gasteiger partial charge >= 0.3 is 0 Å². The van der Waals surface area contributed by atoms with Gasteiger partial charge in [-0.25, -0.2) is 9.97 Å². The zero-order valence-corrected chi connectivity index (χ0v) is 23.9. The molecular weight excluding hydrogens is 548 g/mol. The minimum atomic E-state index is -1.74. The van der Waals surface area contributed by atoms with Crippen molar-refractivity contribution in [1.29, 1.82) is 0 Å². The van der Waals surface area contributed by atoms with E-state index >= 15 is 0 Å². The molecule has 204 valence electrons. The van der Waals surface area contributed by atoms with Gasteiger partial charge in [-0.1, -0.05) is 36.4 Å². The van der Waals surface area contributed by atoms with Gasteiger partial charge in [0.05, 0.1) is 43.6 Å². The fourth-order valence-electron chi connectivity index (χ4n) is 7.05. The number of ether oxygens (including phenoxy) is 4. The van der Waals surface area contributed by atoms with E-state index in [1.807, 2.05) is 60.7 Å². The molecular formula is C30H26N2O6S2. The van der Waals surface area contributed by atoms with Crippen molar-refractivity contribution in [1.82, 2.24) is 9.97 Å². The number of nitrogens with zero attached hydrogens (tertiary/aromatic N) is 2. The molecule has 40 heavy (non-hydrogen) atoms. The minimum absolute atomic E-state index is 0.247. The van der Waals surface area contributed by atoms with Crippen molar-refractivity contribution in [2.75, 3.05) is 28.4 Å². The fourth-order valence-corrected chi connectivity index (χ4v) is 9.30. The average molecular weight is 575 g/mol. The summed E-state index contributed by atoms with van der Waals surface area (Å²) in [4.78, 5) is 38.2. The Morgan fingerprint density at radius 3 is 1.98 bits per heavy atom. The van der Waals surface area contributed by atoms with E-state index in [2.05, 4.69) is 0 Å². The number of carbonyl (C=O) groups is 2. The first-order chi connectivity index (χ1) is 19.4. The highest BCUT2D eigenvalue weighted by Crippen LogP contribution is 2.67. The summed E-state index contributed by atoms with van der Waals surface area (Å²) < 4.78 is 26.1. The third-order valence-corrected chi connectivity index (χ3v) is 11.0. The molecule has 0 N–H and O–H groups in total. The molecule has 2 aromatic heterocycles. The molecule has 2 heterocycles. The van der Waals surface area contributed by atoms with Crippen LogP contribution in [0.2, 0.25) is 0 Å². The predicted octanol–water partition coefficient (Wildman–Crippen LogP) is 4.79. The molecule has 0 amide bonds. The summed E-state index contributed by atoms with van der Waals surface area (Å²) in [7, 11) is 5.82. The van der Waals surface area contributed by atoms with Crippen molar-refractivity contribution in [2.45, 2.75) is 17.0 Å². The zero-order chi connectivity index (χ0) is 27.9. The smallest absolute Gasteiger partial charge is 0.237 e. The van der Waals surface area contributed by atoms with Crippen molar-refractivity contribution in [2.24, 2.45) is 17.8 Å². The first kappa shape index (κ1) is 25.8. The van der Waals surface area contributed by atoms with Gasteiger partial charge in [0, 0.05) is 28.4 Å². The molecule has 10 heteroatoms. The minimum Gasteiger partial charge on any atom is -0.346 e. The Balaban J connectivity index is 1.59. The third kappa shape index (κ3) is 3.03. The molecule has 4 aliphatic rings. The van der Waals surface area contributed by atoms with Crippen LogP contribution in [-0.2, 0) is 34.0 Å². The molecule has 0 aliphatic heterocycles. The van der Waals surface area contributed by atoms with Crippen LogP contribution in [0.25, 0.3) is 26.0 Å². The van der Waals surface area contributed by atoms with Crippen LogP contribution >= 0.6 is 22.7 Å². The maximum atomic E-state index is 14.5. The maximum absolute atomic E-state index is 14.5. The standard InChI is InChI=1S/C30H26N2O6S2/c1-35-29(36-2)22(33)13-14-28(27-32-19-10-6-8-12-21(19)40-27)17-15-16(26-31-18-9-5-7-11-20(18)39-26)23(24(28)29)30(37-3,38-4)25(17)34/h5-15,17,23-24H,1-4H3/t17-,23-,24+,28+/m0/s1. The highest BCUT2D eigenvalue weighted by molar-refractivity contribution is 7.19. The number of allylic oxidation sites excluding steroid dienone is 2. The van der Waals surface area contributed by atoms with Crippen molar-refractivity contribution >= 4 is 60.2 Å². The lowest BCUT2D eigenvalue weighted by Crippen LogP contribution is -2.75. The second kappa shape index (κ2) is 8.94. The van der Waals surface area contributed by atoms with Crippen molar-refractivity contribution in [3.8, 4) is 0 Å². The molecule has 0 radical (unpaired) electrons. The number of fused-ring (bicyclic) bond motifs is 3. The number of para-hydroxylation sites is 2. The summed E-state index contributed by atoms with van der Waals surface area (Å²) >= 11 is 3.02. The molecule has 0 spiro atoms. The SMILES string of the molecule is COC1(OC)C(=O)[C@@H]2C=C(c3nc4ccccc4s3)[C@H]1[C@H]1C(OC)(OC)C(=O)C=C[C@@]21c1nc2ccccc2s1. The summed E-state index contributed by atoms with van der Waals surface area (Å²) in [6.45, 7) is 0. The van der Waals surface area contributed by atoms with Crippen LogP contribution < -0.4 is 0 Å². The van der Waals surface area contributed by atoms with Gasteiger partial charge in [-0.2, -0.15) is 0 Å². The van der Waals surface area contributed by atoms with E-state index < -0.39 is 34.7 Å². The van der Waals surface area contributed by atoms with E-state index in [9.17, 15) is 9.59 Å².